The van der Waals surface area contributed by atoms with Gasteiger partial charge in [0.05, 0.1) is 37.4 Å². The van der Waals surface area contributed by atoms with E-state index in [0.29, 0.717) is 5.56 Å². The van der Waals surface area contributed by atoms with E-state index < -0.39 is 123 Å². The summed E-state index contributed by atoms with van der Waals surface area (Å²) < 4.78 is 64.3. The van der Waals surface area contributed by atoms with Crippen LogP contribution in [0.4, 0.5) is 0 Å². The molecular weight excluding hydrogens is 724 g/mol. The smallest absolute Gasteiger partial charge is 0.308 e. The molecule has 4 heterocycles. The van der Waals surface area contributed by atoms with Crippen molar-refractivity contribution < 1.29 is 75.8 Å². The van der Waals surface area contributed by atoms with Gasteiger partial charge in [-0.3, -0.25) is 28.8 Å². The number of cyclic esters (lactones) is 1. The van der Waals surface area contributed by atoms with E-state index in [9.17, 15) is 28.8 Å². The maximum absolute atomic E-state index is 14.3. The average molecular weight is 773 g/mol. The summed E-state index contributed by atoms with van der Waals surface area (Å²) in [6.07, 6.45) is -1.46. The minimum absolute atomic E-state index is 0.0619. The van der Waals surface area contributed by atoms with E-state index in [1.54, 1.807) is 26.8 Å². The Labute approximate surface area is 317 Å². The number of hydrogen-bond donors (Lipinski definition) is 0. The normalized spacial score (nSPS) is 45.9. The second-order valence-corrected chi connectivity index (χ2v) is 17.4. The van der Waals surface area contributed by atoms with Gasteiger partial charge in [-0.05, 0) is 31.2 Å². The van der Waals surface area contributed by atoms with Crippen LogP contribution in [0.1, 0.15) is 99.2 Å². The molecule has 55 heavy (non-hydrogen) atoms. The summed E-state index contributed by atoms with van der Waals surface area (Å²) in [6, 6.07) is 1.65. The van der Waals surface area contributed by atoms with Gasteiger partial charge in [-0.1, -0.05) is 27.7 Å². The van der Waals surface area contributed by atoms with E-state index in [2.05, 4.69) is 0 Å². The summed E-state index contributed by atoms with van der Waals surface area (Å²) in [5, 5.41) is 0. The molecule has 16 nitrogen and oxygen atoms in total. The van der Waals surface area contributed by atoms with E-state index in [-0.39, 0.29) is 32.3 Å². The second-order valence-electron chi connectivity index (χ2n) is 17.4. The van der Waals surface area contributed by atoms with Crippen LogP contribution in [0.2, 0.25) is 0 Å². The molecule has 8 rings (SSSR count). The summed E-state index contributed by atoms with van der Waals surface area (Å²) in [5.74, 6) is -8.63. The van der Waals surface area contributed by atoms with Gasteiger partial charge in [-0.25, -0.2) is 0 Å². The molecule has 0 N–H and O–H groups in total. The van der Waals surface area contributed by atoms with Crippen molar-refractivity contribution >= 4 is 35.8 Å². The molecule has 1 aromatic heterocycles. The number of carbonyl (C=O) groups is 6. The van der Waals surface area contributed by atoms with Crippen LogP contribution in [0.25, 0.3) is 0 Å². The van der Waals surface area contributed by atoms with E-state index in [1.165, 1.54) is 40.4 Å². The zero-order chi connectivity index (χ0) is 39.9. The molecule has 13 atom stereocenters. The SMILES string of the molecule is COC(=O)CC1C(C)(C(OC(C)=O)c2ccoc2)CCC23OC4(C)OC12C(OC(=O)C(C)C)C1(OC(C)=O)C(OC(C)=O)C2(C)CC1(O4)C31COC(=O)CC21. The molecular formula is C39H48O16. The Kier molecular flexibility index (Phi) is 7.94. The van der Waals surface area contributed by atoms with Crippen molar-refractivity contribution in [1.29, 1.82) is 0 Å². The van der Waals surface area contributed by atoms with Crippen molar-refractivity contribution in [2.24, 2.45) is 34.0 Å². The Bertz CT molecular complexity index is 1870. The number of furan rings is 1. The van der Waals surface area contributed by atoms with Crippen molar-refractivity contribution in [3.05, 3.63) is 24.2 Å². The molecule has 3 saturated heterocycles. The molecule has 4 saturated carbocycles. The summed E-state index contributed by atoms with van der Waals surface area (Å²) in [4.78, 5) is 81.6. The van der Waals surface area contributed by atoms with Crippen molar-refractivity contribution in [2.45, 2.75) is 134 Å². The molecule has 4 aliphatic carbocycles. The third-order valence-electron chi connectivity index (χ3n) is 14.4. The molecule has 7 aliphatic rings. The molecule has 0 radical (unpaired) electrons. The topological polar surface area (TPSA) is 199 Å². The highest BCUT2D eigenvalue weighted by Crippen LogP contribution is 2.90. The molecule has 3 spiro atoms. The number of fused-ring (bicyclic) bond motifs is 3. The van der Waals surface area contributed by atoms with Crippen LogP contribution in [-0.2, 0) is 71.4 Å². The predicted octanol–water partition coefficient (Wildman–Crippen LogP) is 3.62. The van der Waals surface area contributed by atoms with Crippen LogP contribution in [0.5, 0.6) is 0 Å². The fraction of sp³-hybridized carbons (Fsp3) is 0.744. The molecule has 300 valence electrons. The van der Waals surface area contributed by atoms with Crippen LogP contribution in [0, 0.1) is 34.0 Å². The van der Waals surface area contributed by atoms with E-state index in [4.69, 9.17) is 47.0 Å². The lowest BCUT2D eigenvalue weighted by Gasteiger charge is -2.77. The molecule has 1 aromatic rings. The summed E-state index contributed by atoms with van der Waals surface area (Å²) in [7, 11) is 1.23. The van der Waals surface area contributed by atoms with Gasteiger partial charge >= 0.3 is 35.8 Å². The van der Waals surface area contributed by atoms with Gasteiger partial charge in [0.15, 0.2) is 12.2 Å². The number of esters is 6. The van der Waals surface area contributed by atoms with Crippen molar-refractivity contribution in [3.8, 4) is 0 Å². The Morgan fingerprint density at radius 3 is 2.22 bits per heavy atom. The standard InChI is InChI=1S/C39H48O16/c1-19(2)29(45)51-31-38-25(15-26(43)46-9)32(6,28(49-20(3)40)23-10-13-47-16-23)11-12-36(38)35-18-48-27(44)14-24(35)33(7)17-37(35,54-34(8,53-36)55-38)39(31,52-22(5)42)30(33)50-21(4)41/h10,13,16,19,24-25,28,30-31H,11-12,14-15,17-18H2,1-9H3. The first-order valence-corrected chi connectivity index (χ1v) is 18.8. The maximum atomic E-state index is 14.3. The number of ether oxygens (including phenoxy) is 9. The molecule has 7 fully saturated rings. The van der Waals surface area contributed by atoms with Crippen LogP contribution in [-0.4, -0.2) is 90.1 Å². The lowest BCUT2D eigenvalue weighted by molar-refractivity contribution is -0.485. The van der Waals surface area contributed by atoms with Gasteiger partial charge in [0.25, 0.3) is 5.97 Å². The fourth-order valence-electron chi connectivity index (χ4n) is 13.1. The van der Waals surface area contributed by atoms with Gasteiger partial charge in [0.1, 0.15) is 29.5 Å². The highest BCUT2D eigenvalue weighted by molar-refractivity contribution is 5.76. The highest BCUT2D eigenvalue weighted by Gasteiger charge is 3.06. The largest absolute Gasteiger partial charge is 0.472 e. The van der Waals surface area contributed by atoms with Gasteiger partial charge in [-0.15, -0.1) is 0 Å². The first kappa shape index (κ1) is 37.9. The van der Waals surface area contributed by atoms with Crippen LogP contribution in [0.15, 0.2) is 23.0 Å². The van der Waals surface area contributed by atoms with Crippen molar-refractivity contribution in [3.63, 3.8) is 0 Å². The summed E-state index contributed by atoms with van der Waals surface area (Å²) in [5.41, 5.74) is -10.9. The minimum Gasteiger partial charge on any atom is -0.472 e. The summed E-state index contributed by atoms with van der Waals surface area (Å²) in [6.45, 7) is 11.9. The van der Waals surface area contributed by atoms with Gasteiger partial charge in [0, 0.05) is 56.4 Å². The minimum atomic E-state index is -2.17. The monoisotopic (exact) mass is 772 g/mol. The highest BCUT2D eigenvalue weighted by atomic mass is 16.9. The van der Waals surface area contributed by atoms with Crippen molar-refractivity contribution in [2.75, 3.05) is 13.7 Å². The van der Waals surface area contributed by atoms with E-state index in [0.717, 1.165) is 0 Å². The molecule has 0 amide bonds. The third kappa shape index (κ3) is 4.23. The molecule has 3 aliphatic heterocycles. The molecule has 13 unspecified atom stereocenters. The lowest BCUT2D eigenvalue weighted by Crippen LogP contribution is -2.95. The van der Waals surface area contributed by atoms with Gasteiger partial charge < -0.3 is 47.0 Å². The zero-order valence-electron chi connectivity index (χ0n) is 32.5. The zero-order valence-corrected chi connectivity index (χ0v) is 32.5. The fourth-order valence-corrected chi connectivity index (χ4v) is 13.1. The third-order valence-corrected chi connectivity index (χ3v) is 14.4. The molecule has 16 heteroatoms. The summed E-state index contributed by atoms with van der Waals surface area (Å²) >= 11 is 0. The number of rotatable bonds is 9. The van der Waals surface area contributed by atoms with Crippen LogP contribution >= 0.6 is 0 Å². The van der Waals surface area contributed by atoms with E-state index in [1.807, 2.05) is 13.8 Å². The Hall–Kier alpha value is -4.02. The molecule has 0 aromatic carbocycles. The van der Waals surface area contributed by atoms with Crippen LogP contribution < -0.4 is 0 Å². The second kappa shape index (κ2) is 11.5. The maximum Gasteiger partial charge on any atom is 0.308 e. The molecule has 4 bridgehead atoms. The van der Waals surface area contributed by atoms with Crippen LogP contribution in [0.3, 0.4) is 0 Å². The quantitative estimate of drug-likeness (QED) is 0.260. The number of hydrogen-bond acceptors (Lipinski definition) is 16. The first-order valence-electron chi connectivity index (χ1n) is 18.8. The Morgan fingerprint density at radius 2 is 1.62 bits per heavy atom. The van der Waals surface area contributed by atoms with Gasteiger partial charge in [-0.2, -0.15) is 0 Å². The van der Waals surface area contributed by atoms with Crippen molar-refractivity contribution in [1.82, 2.24) is 0 Å². The Morgan fingerprint density at radius 1 is 0.909 bits per heavy atom. The average Bonchev–Trinajstić information content (AvgIpc) is 3.80. The lowest BCUT2D eigenvalue weighted by atomic mass is 9.33. The predicted molar refractivity (Wildman–Crippen MR) is 180 cm³/mol. The van der Waals surface area contributed by atoms with Gasteiger partial charge in [0.2, 0.25) is 5.60 Å². The van der Waals surface area contributed by atoms with E-state index >= 15 is 0 Å². The number of methoxy groups -OCH3 is 1. The Balaban J connectivity index is 1.53. The first-order chi connectivity index (χ1) is 25.7. The number of carbonyl (C=O) groups excluding carboxylic acids is 6.